The van der Waals surface area contributed by atoms with Crippen LogP contribution in [0.25, 0.3) is 0 Å². The van der Waals surface area contributed by atoms with Crippen LogP contribution < -0.4 is 14.8 Å². The number of aliphatic carboxylic acids is 1. The van der Waals surface area contributed by atoms with E-state index in [1.165, 1.54) is 0 Å². The zero-order valence-electron chi connectivity index (χ0n) is 14.5. The molecule has 1 aromatic rings. The van der Waals surface area contributed by atoms with Gasteiger partial charge in [0, 0.05) is 13.2 Å². The molecule has 2 N–H and O–H groups in total. The molecule has 0 bridgehead atoms. The second-order valence-electron chi connectivity index (χ2n) is 6.12. The van der Waals surface area contributed by atoms with Crippen LogP contribution in [0.3, 0.4) is 0 Å². The van der Waals surface area contributed by atoms with Crippen LogP contribution in [0.4, 0.5) is 0 Å². The lowest BCUT2D eigenvalue weighted by Gasteiger charge is -2.36. The van der Waals surface area contributed by atoms with Crippen LogP contribution in [-0.4, -0.2) is 48.9 Å². The van der Waals surface area contributed by atoms with E-state index in [9.17, 15) is 9.59 Å². The van der Waals surface area contributed by atoms with E-state index in [4.69, 9.17) is 19.3 Å². The van der Waals surface area contributed by atoms with Gasteiger partial charge < -0.3 is 24.6 Å². The first-order valence-electron chi connectivity index (χ1n) is 8.49. The van der Waals surface area contributed by atoms with E-state index in [0.717, 1.165) is 12.2 Å². The van der Waals surface area contributed by atoms with Crippen LogP contribution in [-0.2, 0) is 14.3 Å². The summed E-state index contributed by atoms with van der Waals surface area (Å²) in [7, 11) is 0. The number of carboxylic acid groups (broad SMARTS) is 1. The Kier molecular flexibility index (Phi) is 7.06. The van der Waals surface area contributed by atoms with E-state index < -0.39 is 11.5 Å². The average molecular weight is 351 g/mol. The molecule has 0 saturated carbocycles. The van der Waals surface area contributed by atoms with Gasteiger partial charge in [0.05, 0.1) is 18.6 Å². The molecule has 1 fully saturated rings. The predicted octanol–water partition coefficient (Wildman–Crippen LogP) is 1.99. The highest BCUT2D eigenvalue weighted by molar-refractivity contribution is 5.79. The Morgan fingerprint density at radius 1 is 1.16 bits per heavy atom. The number of benzene rings is 1. The summed E-state index contributed by atoms with van der Waals surface area (Å²) in [6.07, 6.45) is 1.77. The molecule has 0 aromatic heterocycles. The van der Waals surface area contributed by atoms with Crippen LogP contribution in [0.15, 0.2) is 24.3 Å². The Morgan fingerprint density at radius 2 is 1.76 bits per heavy atom. The van der Waals surface area contributed by atoms with Crippen LogP contribution in [0.5, 0.6) is 11.5 Å². The number of carbonyl (C=O) groups excluding carboxylic acids is 1. The summed E-state index contributed by atoms with van der Waals surface area (Å²) in [5.41, 5.74) is -0.762. The van der Waals surface area contributed by atoms with Gasteiger partial charge in [0.15, 0.2) is 6.61 Å². The zero-order chi connectivity index (χ0) is 18.1. The van der Waals surface area contributed by atoms with Gasteiger partial charge in [-0.25, -0.2) is 0 Å². The molecule has 1 saturated heterocycles. The molecular formula is C18H25NO6. The Bertz CT molecular complexity index is 565. The number of carboxylic acids is 1. The van der Waals surface area contributed by atoms with Gasteiger partial charge in [0.2, 0.25) is 0 Å². The third kappa shape index (κ3) is 6.26. The summed E-state index contributed by atoms with van der Waals surface area (Å²) in [5, 5.41) is 11.9. The third-order valence-corrected chi connectivity index (χ3v) is 4.01. The molecule has 0 unspecified atom stereocenters. The van der Waals surface area contributed by atoms with Crippen molar-refractivity contribution in [2.24, 2.45) is 0 Å². The lowest BCUT2D eigenvalue weighted by molar-refractivity contribution is -0.140. The molecular weight excluding hydrogens is 326 g/mol. The Hall–Kier alpha value is -2.28. The minimum atomic E-state index is -0.939. The predicted molar refractivity (Wildman–Crippen MR) is 90.9 cm³/mol. The molecule has 1 heterocycles. The first kappa shape index (κ1) is 19.1. The highest BCUT2D eigenvalue weighted by atomic mass is 16.5. The SMILES string of the molecule is CCCOc1ccc(OCC(=O)NC2(CC(=O)O)CCOCC2)cc1. The van der Waals surface area contributed by atoms with Gasteiger partial charge in [0.1, 0.15) is 11.5 Å². The standard InChI is InChI=1S/C18H25NO6/c1-2-9-24-14-3-5-15(6-4-14)25-13-16(20)19-18(12-17(21)22)7-10-23-11-8-18/h3-6H,2,7-13H2,1H3,(H,19,20)(H,21,22). The maximum absolute atomic E-state index is 12.2. The van der Waals surface area contributed by atoms with Gasteiger partial charge in [0.25, 0.3) is 5.91 Å². The molecule has 2 rings (SSSR count). The van der Waals surface area contributed by atoms with E-state index >= 15 is 0 Å². The van der Waals surface area contributed by atoms with E-state index in [0.29, 0.717) is 38.4 Å². The molecule has 7 nitrogen and oxygen atoms in total. The van der Waals surface area contributed by atoms with Gasteiger partial charge in [-0.3, -0.25) is 9.59 Å². The molecule has 1 aliphatic rings. The second-order valence-corrected chi connectivity index (χ2v) is 6.12. The topological polar surface area (TPSA) is 94.1 Å². The molecule has 0 atom stereocenters. The largest absolute Gasteiger partial charge is 0.494 e. The maximum atomic E-state index is 12.2. The van der Waals surface area contributed by atoms with E-state index in [1.807, 2.05) is 6.92 Å². The Balaban J connectivity index is 1.85. The maximum Gasteiger partial charge on any atom is 0.305 e. The third-order valence-electron chi connectivity index (χ3n) is 4.01. The smallest absolute Gasteiger partial charge is 0.305 e. The Labute approximate surface area is 147 Å². The average Bonchev–Trinajstić information content (AvgIpc) is 2.59. The fourth-order valence-corrected chi connectivity index (χ4v) is 2.73. The van der Waals surface area contributed by atoms with Gasteiger partial charge in [-0.15, -0.1) is 0 Å². The molecule has 1 amide bonds. The van der Waals surface area contributed by atoms with Crippen molar-refractivity contribution in [1.82, 2.24) is 5.32 Å². The number of hydrogen-bond acceptors (Lipinski definition) is 5. The lowest BCUT2D eigenvalue weighted by Crippen LogP contribution is -2.54. The molecule has 1 aliphatic heterocycles. The van der Waals surface area contributed by atoms with E-state index in [2.05, 4.69) is 5.32 Å². The van der Waals surface area contributed by atoms with Crippen molar-refractivity contribution in [3.63, 3.8) is 0 Å². The fraction of sp³-hybridized carbons (Fsp3) is 0.556. The number of hydrogen-bond donors (Lipinski definition) is 2. The van der Waals surface area contributed by atoms with E-state index in [1.54, 1.807) is 24.3 Å². The van der Waals surface area contributed by atoms with Crippen molar-refractivity contribution in [2.45, 2.75) is 38.1 Å². The molecule has 1 aromatic carbocycles. The highest BCUT2D eigenvalue weighted by Gasteiger charge is 2.36. The monoisotopic (exact) mass is 351 g/mol. The number of ether oxygens (including phenoxy) is 3. The summed E-state index contributed by atoms with van der Waals surface area (Å²) in [6, 6.07) is 7.04. The quantitative estimate of drug-likeness (QED) is 0.707. The van der Waals surface area contributed by atoms with Crippen LogP contribution >= 0.6 is 0 Å². The highest BCUT2D eigenvalue weighted by Crippen LogP contribution is 2.24. The molecule has 0 radical (unpaired) electrons. The number of amides is 1. The van der Waals surface area contributed by atoms with Crippen molar-refractivity contribution in [2.75, 3.05) is 26.4 Å². The molecule has 7 heteroatoms. The van der Waals surface area contributed by atoms with Gasteiger partial charge in [-0.05, 0) is 43.5 Å². The van der Waals surface area contributed by atoms with Crippen LogP contribution in [0.1, 0.15) is 32.6 Å². The first-order valence-corrected chi connectivity index (χ1v) is 8.49. The van der Waals surface area contributed by atoms with Crippen molar-refractivity contribution in [1.29, 1.82) is 0 Å². The van der Waals surface area contributed by atoms with Crippen LogP contribution in [0, 0.1) is 0 Å². The fourth-order valence-electron chi connectivity index (χ4n) is 2.73. The van der Waals surface area contributed by atoms with Crippen molar-refractivity contribution in [3.8, 4) is 11.5 Å². The number of rotatable bonds is 9. The van der Waals surface area contributed by atoms with E-state index in [-0.39, 0.29) is 18.9 Å². The normalized spacial score (nSPS) is 16.0. The summed E-state index contributed by atoms with van der Waals surface area (Å²) in [6.45, 7) is 3.39. The number of carbonyl (C=O) groups is 2. The minimum Gasteiger partial charge on any atom is -0.494 e. The van der Waals surface area contributed by atoms with Crippen LogP contribution in [0.2, 0.25) is 0 Å². The zero-order valence-corrected chi connectivity index (χ0v) is 14.5. The van der Waals surface area contributed by atoms with Crippen molar-refractivity contribution < 1.29 is 28.9 Å². The van der Waals surface area contributed by atoms with Gasteiger partial charge in [-0.2, -0.15) is 0 Å². The molecule has 25 heavy (non-hydrogen) atoms. The molecule has 0 aliphatic carbocycles. The summed E-state index contributed by atoms with van der Waals surface area (Å²) in [4.78, 5) is 23.3. The minimum absolute atomic E-state index is 0.119. The van der Waals surface area contributed by atoms with Crippen molar-refractivity contribution >= 4 is 11.9 Å². The summed E-state index contributed by atoms with van der Waals surface area (Å²) in [5.74, 6) is 0.0276. The Morgan fingerprint density at radius 3 is 2.32 bits per heavy atom. The van der Waals surface area contributed by atoms with Gasteiger partial charge >= 0.3 is 5.97 Å². The number of nitrogens with one attached hydrogen (secondary N) is 1. The first-order chi connectivity index (χ1) is 12.0. The van der Waals surface area contributed by atoms with Crippen molar-refractivity contribution in [3.05, 3.63) is 24.3 Å². The second kappa shape index (κ2) is 9.27. The molecule has 0 spiro atoms. The van der Waals surface area contributed by atoms with Gasteiger partial charge in [-0.1, -0.05) is 6.92 Å². The lowest BCUT2D eigenvalue weighted by atomic mass is 9.86. The summed E-state index contributed by atoms with van der Waals surface area (Å²) < 4.78 is 16.2. The summed E-state index contributed by atoms with van der Waals surface area (Å²) >= 11 is 0. The molecule has 138 valence electrons.